The van der Waals surface area contributed by atoms with Gasteiger partial charge < -0.3 is 20.9 Å². The highest BCUT2D eigenvalue weighted by molar-refractivity contribution is 5.88. The molecule has 0 aliphatic carbocycles. The van der Waals surface area contributed by atoms with Crippen LogP contribution < -0.4 is 15.8 Å². The molecule has 0 aliphatic rings. The lowest BCUT2D eigenvalue weighted by molar-refractivity contribution is -0.143. The first-order chi connectivity index (χ1) is 9.92. The lowest BCUT2D eigenvalue weighted by Crippen LogP contribution is -2.43. The number of primary amides is 1. The Kier molecular flexibility index (Phi) is 6.19. The van der Waals surface area contributed by atoms with Crippen molar-refractivity contribution in [3.05, 3.63) is 29.8 Å². The van der Waals surface area contributed by atoms with E-state index in [0.717, 1.165) is 11.3 Å². The molecule has 0 heterocycles. The molecule has 7 heteroatoms. The number of carboxylic acid groups (broad SMARTS) is 1. The summed E-state index contributed by atoms with van der Waals surface area (Å²) in [4.78, 5) is 33.3. The quantitative estimate of drug-likeness (QED) is 0.627. The van der Waals surface area contributed by atoms with Crippen molar-refractivity contribution in [3.63, 3.8) is 0 Å². The summed E-state index contributed by atoms with van der Waals surface area (Å²) in [6, 6.07) is 5.92. The van der Waals surface area contributed by atoms with Crippen molar-refractivity contribution in [1.82, 2.24) is 5.32 Å². The van der Waals surface area contributed by atoms with E-state index in [9.17, 15) is 14.4 Å². The van der Waals surface area contributed by atoms with Gasteiger partial charge in [0.15, 0.2) is 0 Å². The zero-order chi connectivity index (χ0) is 15.8. The molecule has 1 rings (SSSR count). The fourth-order valence-electron chi connectivity index (χ4n) is 1.72. The van der Waals surface area contributed by atoms with Crippen molar-refractivity contribution in [2.75, 3.05) is 7.11 Å². The van der Waals surface area contributed by atoms with E-state index in [2.05, 4.69) is 5.32 Å². The second kappa shape index (κ2) is 7.88. The average molecular weight is 294 g/mol. The van der Waals surface area contributed by atoms with Crippen LogP contribution in [0.3, 0.4) is 0 Å². The molecule has 1 atom stereocenters. The molecular formula is C14H18N2O5. The van der Waals surface area contributed by atoms with Crippen molar-refractivity contribution in [1.29, 1.82) is 0 Å². The zero-order valence-electron chi connectivity index (χ0n) is 11.7. The SMILES string of the molecule is COc1ccc(CCC(=O)NC(CC(N)=O)C(=O)O)cc1. The predicted octanol–water partition coefficient (Wildman–Crippen LogP) is 0.0726. The first-order valence-corrected chi connectivity index (χ1v) is 6.35. The number of carbonyl (C=O) groups is 3. The summed E-state index contributed by atoms with van der Waals surface area (Å²) in [5.41, 5.74) is 5.86. The fraction of sp³-hybridized carbons (Fsp3) is 0.357. The molecule has 0 spiro atoms. The number of ether oxygens (including phenoxy) is 1. The Bertz CT molecular complexity index is 513. The lowest BCUT2D eigenvalue weighted by atomic mass is 10.1. The third-order valence-corrected chi connectivity index (χ3v) is 2.84. The number of aryl methyl sites for hydroxylation is 1. The van der Waals surface area contributed by atoms with Crippen molar-refractivity contribution < 1.29 is 24.2 Å². The van der Waals surface area contributed by atoms with Crippen LogP contribution in [-0.4, -0.2) is 36.0 Å². The normalized spacial score (nSPS) is 11.5. The van der Waals surface area contributed by atoms with Gasteiger partial charge in [-0.3, -0.25) is 9.59 Å². The van der Waals surface area contributed by atoms with Crippen LogP contribution >= 0.6 is 0 Å². The van der Waals surface area contributed by atoms with E-state index in [4.69, 9.17) is 15.6 Å². The van der Waals surface area contributed by atoms with Crippen LogP contribution in [0.2, 0.25) is 0 Å². The van der Waals surface area contributed by atoms with Gasteiger partial charge in [-0.05, 0) is 24.1 Å². The van der Waals surface area contributed by atoms with E-state index in [1.165, 1.54) is 0 Å². The third kappa shape index (κ3) is 5.94. The second-order valence-electron chi connectivity index (χ2n) is 4.48. The predicted molar refractivity (Wildman–Crippen MR) is 74.7 cm³/mol. The minimum absolute atomic E-state index is 0.120. The Labute approximate surface area is 122 Å². The van der Waals surface area contributed by atoms with Gasteiger partial charge in [0.1, 0.15) is 11.8 Å². The van der Waals surface area contributed by atoms with E-state index >= 15 is 0 Å². The van der Waals surface area contributed by atoms with Crippen molar-refractivity contribution in [3.8, 4) is 5.75 Å². The highest BCUT2D eigenvalue weighted by Crippen LogP contribution is 2.12. The number of nitrogens with two attached hydrogens (primary N) is 1. The number of carboxylic acids is 1. The van der Waals surface area contributed by atoms with E-state index in [0.29, 0.717) is 6.42 Å². The Morgan fingerprint density at radius 1 is 1.29 bits per heavy atom. The molecular weight excluding hydrogens is 276 g/mol. The Morgan fingerprint density at radius 2 is 1.90 bits per heavy atom. The van der Waals surface area contributed by atoms with Gasteiger partial charge in [-0.15, -0.1) is 0 Å². The van der Waals surface area contributed by atoms with E-state index in [1.807, 2.05) is 12.1 Å². The number of amides is 2. The molecule has 0 bridgehead atoms. The van der Waals surface area contributed by atoms with Crippen LogP contribution in [0.15, 0.2) is 24.3 Å². The van der Waals surface area contributed by atoms with E-state index in [1.54, 1.807) is 19.2 Å². The minimum Gasteiger partial charge on any atom is -0.497 e. The molecule has 1 unspecified atom stereocenters. The number of hydrogen-bond acceptors (Lipinski definition) is 4. The number of rotatable bonds is 8. The first kappa shape index (κ1) is 16.5. The Balaban J connectivity index is 2.48. The maximum absolute atomic E-state index is 11.7. The van der Waals surface area contributed by atoms with Crippen LogP contribution in [0.25, 0.3) is 0 Å². The summed E-state index contributed by atoms with van der Waals surface area (Å²) in [6.45, 7) is 0. The molecule has 0 saturated carbocycles. The van der Waals surface area contributed by atoms with Gasteiger partial charge in [0.05, 0.1) is 13.5 Å². The molecule has 1 aromatic carbocycles. The Morgan fingerprint density at radius 3 is 2.38 bits per heavy atom. The standard InChI is InChI=1S/C14H18N2O5/c1-21-10-5-2-9(3-6-10)4-7-13(18)16-11(14(19)20)8-12(15)17/h2-3,5-6,11H,4,7-8H2,1H3,(H2,15,17)(H,16,18)(H,19,20). The molecule has 21 heavy (non-hydrogen) atoms. The summed E-state index contributed by atoms with van der Waals surface area (Å²) < 4.78 is 5.02. The van der Waals surface area contributed by atoms with Crippen LogP contribution in [0.1, 0.15) is 18.4 Å². The highest BCUT2D eigenvalue weighted by Gasteiger charge is 2.21. The van der Waals surface area contributed by atoms with Crippen LogP contribution in [0.5, 0.6) is 5.75 Å². The molecule has 1 aromatic rings. The van der Waals surface area contributed by atoms with E-state index < -0.39 is 30.2 Å². The summed E-state index contributed by atoms with van der Waals surface area (Å²) >= 11 is 0. The van der Waals surface area contributed by atoms with Crippen molar-refractivity contribution in [2.45, 2.75) is 25.3 Å². The lowest BCUT2D eigenvalue weighted by Gasteiger charge is -2.12. The number of hydrogen-bond donors (Lipinski definition) is 3. The molecule has 2 amide bonds. The first-order valence-electron chi connectivity index (χ1n) is 6.35. The second-order valence-corrected chi connectivity index (χ2v) is 4.48. The summed E-state index contributed by atoms with van der Waals surface area (Å²) in [5, 5.41) is 11.2. The number of nitrogens with one attached hydrogen (secondary N) is 1. The largest absolute Gasteiger partial charge is 0.497 e. The van der Waals surface area contributed by atoms with Gasteiger partial charge in [0.25, 0.3) is 0 Å². The monoisotopic (exact) mass is 294 g/mol. The number of carbonyl (C=O) groups excluding carboxylic acids is 2. The molecule has 114 valence electrons. The van der Waals surface area contributed by atoms with Gasteiger partial charge in [0.2, 0.25) is 11.8 Å². The average Bonchev–Trinajstić information content (AvgIpc) is 2.44. The van der Waals surface area contributed by atoms with Gasteiger partial charge in [-0.2, -0.15) is 0 Å². The Hall–Kier alpha value is -2.57. The topological polar surface area (TPSA) is 119 Å². The van der Waals surface area contributed by atoms with Crippen LogP contribution in [0, 0.1) is 0 Å². The molecule has 7 nitrogen and oxygen atoms in total. The molecule has 0 aliphatic heterocycles. The molecule has 0 aromatic heterocycles. The molecule has 0 radical (unpaired) electrons. The fourth-order valence-corrected chi connectivity index (χ4v) is 1.72. The maximum Gasteiger partial charge on any atom is 0.326 e. The number of aliphatic carboxylic acids is 1. The maximum atomic E-state index is 11.7. The number of benzene rings is 1. The van der Waals surface area contributed by atoms with E-state index in [-0.39, 0.29) is 6.42 Å². The summed E-state index contributed by atoms with van der Waals surface area (Å²) in [7, 11) is 1.56. The van der Waals surface area contributed by atoms with Gasteiger partial charge in [0, 0.05) is 6.42 Å². The highest BCUT2D eigenvalue weighted by atomic mass is 16.5. The smallest absolute Gasteiger partial charge is 0.326 e. The van der Waals surface area contributed by atoms with Crippen LogP contribution in [0.4, 0.5) is 0 Å². The number of methoxy groups -OCH3 is 1. The van der Waals surface area contributed by atoms with Gasteiger partial charge in [-0.25, -0.2) is 4.79 Å². The van der Waals surface area contributed by atoms with Crippen molar-refractivity contribution in [2.24, 2.45) is 5.73 Å². The van der Waals surface area contributed by atoms with Gasteiger partial charge in [-0.1, -0.05) is 12.1 Å². The summed E-state index contributed by atoms with van der Waals surface area (Å²) in [5.74, 6) is -1.79. The minimum atomic E-state index is -1.29. The van der Waals surface area contributed by atoms with Gasteiger partial charge >= 0.3 is 5.97 Å². The summed E-state index contributed by atoms with van der Waals surface area (Å²) in [6.07, 6.45) is 0.150. The third-order valence-electron chi connectivity index (χ3n) is 2.84. The molecule has 0 saturated heterocycles. The van der Waals surface area contributed by atoms with Crippen LogP contribution in [-0.2, 0) is 20.8 Å². The molecule has 4 N–H and O–H groups in total. The van der Waals surface area contributed by atoms with Crippen molar-refractivity contribution >= 4 is 17.8 Å². The molecule has 0 fully saturated rings. The zero-order valence-corrected chi connectivity index (χ0v) is 11.7.